The third kappa shape index (κ3) is 6.17. The molecular weight excluding hydrogens is 266 g/mol. The van der Waals surface area contributed by atoms with Crippen LogP contribution in [0.2, 0.25) is 0 Å². The van der Waals surface area contributed by atoms with E-state index in [1.807, 2.05) is 51.1 Å². The Kier molecular flexibility index (Phi) is 6.69. The molecule has 0 fully saturated rings. The van der Waals surface area contributed by atoms with E-state index in [1.165, 1.54) is 0 Å². The van der Waals surface area contributed by atoms with Crippen LogP contribution in [0, 0.1) is 11.8 Å². The van der Waals surface area contributed by atoms with Crippen molar-refractivity contribution >= 4 is 5.91 Å². The molecule has 118 valence electrons. The molecule has 4 heteroatoms. The number of nitrogens with one attached hydrogen (secondary N) is 1. The normalized spacial score (nSPS) is 15.3. The van der Waals surface area contributed by atoms with E-state index >= 15 is 0 Å². The summed E-state index contributed by atoms with van der Waals surface area (Å²) in [5, 5.41) is 12.9. The number of para-hydroxylation sites is 1. The molecule has 2 N–H and O–H groups in total. The first kappa shape index (κ1) is 17.5. The van der Waals surface area contributed by atoms with Crippen molar-refractivity contribution < 1.29 is 14.6 Å². The maximum atomic E-state index is 12.0. The molecule has 0 aliphatic rings. The number of carbonyl (C=O) groups is 1. The predicted molar refractivity (Wildman–Crippen MR) is 84.2 cm³/mol. The molecule has 0 bridgehead atoms. The Hall–Kier alpha value is -1.55. The molecule has 0 aliphatic carbocycles. The van der Waals surface area contributed by atoms with Crippen LogP contribution in [-0.2, 0) is 4.79 Å². The van der Waals surface area contributed by atoms with Crippen LogP contribution in [0.4, 0.5) is 0 Å². The maximum Gasteiger partial charge on any atom is 0.223 e. The van der Waals surface area contributed by atoms with Crippen molar-refractivity contribution in [1.82, 2.24) is 5.32 Å². The summed E-state index contributed by atoms with van der Waals surface area (Å²) in [4.78, 5) is 12.0. The summed E-state index contributed by atoms with van der Waals surface area (Å²) in [5.41, 5.74) is -0.879. The summed E-state index contributed by atoms with van der Waals surface area (Å²) < 4.78 is 5.58. The first-order valence-electron chi connectivity index (χ1n) is 7.51. The van der Waals surface area contributed by atoms with Gasteiger partial charge in [0.1, 0.15) is 5.75 Å². The molecule has 0 spiro atoms. The zero-order chi connectivity index (χ0) is 15.9. The van der Waals surface area contributed by atoms with Gasteiger partial charge in [0, 0.05) is 12.5 Å². The average molecular weight is 293 g/mol. The van der Waals surface area contributed by atoms with Crippen LogP contribution in [0.1, 0.15) is 34.1 Å². The van der Waals surface area contributed by atoms with Gasteiger partial charge in [-0.3, -0.25) is 4.79 Å². The molecule has 1 rings (SSSR count). The van der Waals surface area contributed by atoms with Gasteiger partial charge in [-0.2, -0.15) is 0 Å². The Morgan fingerprint density at radius 3 is 2.48 bits per heavy atom. The number of amides is 1. The maximum absolute atomic E-state index is 12.0. The summed E-state index contributed by atoms with van der Waals surface area (Å²) in [7, 11) is 0. The Balaban J connectivity index is 2.28. The van der Waals surface area contributed by atoms with Crippen molar-refractivity contribution in [2.24, 2.45) is 11.8 Å². The molecule has 0 aliphatic heterocycles. The lowest BCUT2D eigenvalue weighted by molar-refractivity contribution is -0.126. The smallest absolute Gasteiger partial charge is 0.223 e. The van der Waals surface area contributed by atoms with Gasteiger partial charge in [-0.1, -0.05) is 39.0 Å². The fraction of sp³-hybridized carbons (Fsp3) is 0.588. The van der Waals surface area contributed by atoms with Crippen molar-refractivity contribution in [3.05, 3.63) is 30.3 Å². The first-order valence-corrected chi connectivity index (χ1v) is 7.51. The van der Waals surface area contributed by atoms with Gasteiger partial charge < -0.3 is 15.2 Å². The fourth-order valence-corrected chi connectivity index (χ4v) is 1.65. The summed E-state index contributed by atoms with van der Waals surface area (Å²) in [6, 6.07) is 9.55. The lowest BCUT2D eigenvalue weighted by atomic mass is 9.92. The van der Waals surface area contributed by atoms with E-state index in [0.717, 1.165) is 5.75 Å². The van der Waals surface area contributed by atoms with E-state index in [1.54, 1.807) is 6.92 Å². The topological polar surface area (TPSA) is 58.6 Å². The number of ether oxygens (including phenoxy) is 1. The highest BCUT2D eigenvalue weighted by atomic mass is 16.5. The number of rotatable bonds is 8. The van der Waals surface area contributed by atoms with Crippen molar-refractivity contribution in [2.45, 2.75) is 39.7 Å². The Morgan fingerprint density at radius 1 is 1.29 bits per heavy atom. The van der Waals surface area contributed by atoms with Gasteiger partial charge in [0.15, 0.2) is 0 Å². The van der Waals surface area contributed by atoms with Crippen molar-refractivity contribution in [3.8, 4) is 5.75 Å². The number of aliphatic hydroxyl groups is 1. The van der Waals surface area contributed by atoms with Crippen molar-refractivity contribution in [1.29, 1.82) is 0 Å². The second kappa shape index (κ2) is 8.03. The number of benzene rings is 1. The quantitative estimate of drug-likeness (QED) is 0.774. The molecule has 0 heterocycles. The number of hydrogen-bond donors (Lipinski definition) is 2. The summed E-state index contributed by atoms with van der Waals surface area (Å²) in [5.74, 6) is 0.714. The van der Waals surface area contributed by atoms with E-state index in [9.17, 15) is 9.90 Å². The van der Waals surface area contributed by atoms with E-state index in [-0.39, 0.29) is 24.3 Å². The standard InChI is InChI=1S/C17H27NO3/c1-13(2)17(4,20)12-18-16(19)14(3)10-11-21-15-8-6-5-7-9-15/h5-9,13-14,20H,10-12H2,1-4H3,(H,18,19). The second-order valence-corrected chi connectivity index (χ2v) is 6.08. The van der Waals surface area contributed by atoms with Crippen LogP contribution in [0.25, 0.3) is 0 Å². The minimum atomic E-state index is -0.879. The van der Waals surface area contributed by atoms with Crippen LogP contribution in [0.3, 0.4) is 0 Å². The SMILES string of the molecule is CC(CCOc1ccccc1)C(=O)NCC(C)(O)C(C)C. The Labute approximate surface area is 127 Å². The molecule has 1 amide bonds. The number of hydrogen-bond acceptors (Lipinski definition) is 3. The van der Waals surface area contributed by atoms with E-state index in [0.29, 0.717) is 13.0 Å². The number of carbonyl (C=O) groups excluding carboxylic acids is 1. The minimum absolute atomic E-state index is 0.0485. The molecule has 21 heavy (non-hydrogen) atoms. The summed E-state index contributed by atoms with van der Waals surface area (Å²) >= 11 is 0. The molecule has 1 aromatic rings. The molecular formula is C17H27NO3. The highest BCUT2D eigenvalue weighted by Gasteiger charge is 2.26. The molecule has 0 aromatic heterocycles. The lowest BCUT2D eigenvalue weighted by Gasteiger charge is -2.28. The van der Waals surface area contributed by atoms with Crippen molar-refractivity contribution in [3.63, 3.8) is 0 Å². The fourth-order valence-electron chi connectivity index (χ4n) is 1.65. The molecule has 0 radical (unpaired) electrons. The highest BCUT2D eigenvalue weighted by molar-refractivity contribution is 5.78. The average Bonchev–Trinajstić information content (AvgIpc) is 2.45. The zero-order valence-corrected chi connectivity index (χ0v) is 13.4. The predicted octanol–water partition coefficient (Wildman–Crippen LogP) is 2.61. The van der Waals surface area contributed by atoms with Gasteiger partial charge >= 0.3 is 0 Å². The Morgan fingerprint density at radius 2 is 1.90 bits per heavy atom. The molecule has 1 aromatic carbocycles. The summed E-state index contributed by atoms with van der Waals surface area (Å²) in [6.45, 7) is 8.24. The van der Waals surface area contributed by atoms with Gasteiger partial charge in [-0.25, -0.2) is 0 Å². The van der Waals surface area contributed by atoms with Gasteiger partial charge in [0.05, 0.1) is 12.2 Å². The molecule has 2 unspecified atom stereocenters. The van der Waals surface area contributed by atoms with Gasteiger partial charge in [0.25, 0.3) is 0 Å². The van der Waals surface area contributed by atoms with Gasteiger partial charge in [-0.15, -0.1) is 0 Å². The van der Waals surface area contributed by atoms with Crippen LogP contribution >= 0.6 is 0 Å². The molecule has 0 saturated heterocycles. The molecule has 4 nitrogen and oxygen atoms in total. The third-order valence-corrected chi connectivity index (χ3v) is 3.87. The van der Waals surface area contributed by atoms with Crippen LogP contribution in [-0.4, -0.2) is 29.8 Å². The summed E-state index contributed by atoms with van der Waals surface area (Å²) in [6.07, 6.45) is 0.643. The molecule has 0 saturated carbocycles. The van der Waals surface area contributed by atoms with E-state index in [4.69, 9.17) is 4.74 Å². The van der Waals surface area contributed by atoms with E-state index < -0.39 is 5.60 Å². The Bertz CT molecular complexity index is 429. The van der Waals surface area contributed by atoms with Gasteiger partial charge in [-0.05, 0) is 31.4 Å². The van der Waals surface area contributed by atoms with Crippen LogP contribution < -0.4 is 10.1 Å². The zero-order valence-electron chi connectivity index (χ0n) is 13.4. The largest absolute Gasteiger partial charge is 0.494 e. The van der Waals surface area contributed by atoms with Crippen LogP contribution in [0.15, 0.2) is 30.3 Å². The monoisotopic (exact) mass is 293 g/mol. The molecule has 2 atom stereocenters. The van der Waals surface area contributed by atoms with Gasteiger partial charge in [0.2, 0.25) is 5.91 Å². The van der Waals surface area contributed by atoms with Crippen molar-refractivity contribution in [2.75, 3.05) is 13.2 Å². The highest BCUT2D eigenvalue weighted by Crippen LogP contribution is 2.15. The lowest BCUT2D eigenvalue weighted by Crippen LogP contribution is -2.45. The van der Waals surface area contributed by atoms with Crippen LogP contribution in [0.5, 0.6) is 5.75 Å². The third-order valence-electron chi connectivity index (χ3n) is 3.87. The first-order chi connectivity index (χ1) is 9.83. The van der Waals surface area contributed by atoms with E-state index in [2.05, 4.69) is 5.32 Å². The minimum Gasteiger partial charge on any atom is -0.494 e. The second-order valence-electron chi connectivity index (χ2n) is 6.08.